The number of hydrogen-bond donors (Lipinski definition) is 2. The molecule has 1 aliphatic heterocycles. The summed E-state index contributed by atoms with van der Waals surface area (Å²) in [5.41, 5.74) is -2.13. The molecule has 0 atom stereocenters. The third-order valence-corrected chi connectivity index (χ3v) is 5.64. The van der Waals surface area contributed by atoms with Gasteiger partial charge in [0, 0.05) is 24.4 Å². The molecule has 0 unspecified atom stereocenters. The van der Waals surface area contributed by atoms with Crippen molar-refractivity contribution < 1.29 is 42.0 Å². The Kier molecular flexibility index (Phi) is 7.80. The van der Waals surface area contributed by atoms with E-state index in [0.29, 0.717) is 9.96 Å². The molecule has 0 spiro atoms. The van der Waals surface area contributed by atoms with Crippen molar-refractivity contribution >= 4 is 52.4 Å². The number of halogens is 3. The van der Waals surface area contributed by atoms with Gasteiger partial charge in [-0.2, -0.15) is 18.2 Å². The molecule has 4 amide bonds. The topological polar surface area (TPSA) is 185 Å². The van der Waals surface area contributed by atoms with Crippen LogP contribution in [0.25, 0.3) is 11.2 Å². The van der Waals surface area contributed by atoms with Crippen molar-refractivity contribution in [3.05, 3.63) is 52.1 Å². The van der Waals surface area contributed by atoms with Crippen molar-refractivity contribution in [2.24, 2.45) is 5.92 Å². The summed E-state index contributed by atoms with van der Waals surface area (Å²) in [6.07, 6.45) is -4.56. The Hall–Kier alpha value is -5.22. The van der Waals surface area contributed by atoms with E-state index in [1.54, 1.807) is 13.8 Å². The molecule has 2 N–H and O–H groups in total. The number of carbonyl (C=O) groups excluding carboxylic acids is 5. The Morgan fingerprint density at radius 1 is 1.07 bits per heavy atom. The van der Waals surface area contributed by atoms with Crippen LogP contribution in [0.1, 0.15) is 42.7 Å². The minimum Gasteiger partial charge on any atom is -0.325 e. The van der Waals surface area contributed by atoms with E-state index in [1.807, 2.05) is 0 Å². The van der Waals surface area contributed by atoms with Crippen LogP contribution in [0, 0.1) is 5.92 Å². The monoisotopic (exact) mass is 575 g/mol. The van der Waals surface area contributed by atoms with Crippen LogP contribution < -0.4 is 15.8 Å². The molecule has 4 rings (SSSR count). The first kappa shape index (κ1) is 28.8. The number of imide groups is 1. The fourth-order valence-corrected chi connectivity index (χ4v) is 3.52. The second-order valence-electron chi connectivity index (χ2n) is 8.99. The van der Waals surface area contributed by atoms with Gasteiger partial charge in [0.2, 0.25) is 11.9 Å². The molecule has 0 saturated carbocycles. The molecule has 3 heterocycles. The molecule has 0 radical (unpaired) electrons. The SMILES string of the molecule is CC(C)C(=O)Nc1nc2ncc(CN(C(=O)C(F)(F)F)c3ccc(C(=O)ON4C(=O)CCC4=O)cc3)nc2c(=O)[nH]1. The van der Waals surface area contributed by atoms with Crippen LogP contribution in [0.3, 0.4) is 0 Å². The minimum atomic E-state index is -5.30. The van der Waals surface area contributed by atoms with Gasteiger partial charge in [-0.05, 0) is 24.3 Å². The summed E-state index contributed by atoms with van der Waals surface area (Å²) in [5, 5.41) is 2.70. The summed E-state index contributed by atoms with van der Waals surface area (Å²) >= 11 is 0. The summed E-state index contributed by atoms with van der Waals surface area (Å²) < 4.78 is 40.3. The molecular weight excluding hydrogens is 555 g/mol. The van der Waals surface area contributed by atoms with Crippen molar-refractivity contribution in [1.29, 1.82) is 0 Å². The number of H-pyrrole nitrogens is 1. The number of anilines is 2. The van der Waals surface area contributed by atoms with E-state index in [9.17, 15) is 41.9 Å². The van der Waals surface area contributed by atoms with Crippen molar-refractivity contribution in [3.8, 4) is 0 Å². The number of aromatic nitrogens is 4. The lowest BCUT2D eigenvalue weighted by Gasteiger charge is -2.23. The summed E-state index contributed by atoms with van der Waals surface area (Å²) in [4.78, 5) is 91.6. The Balaban J connectivity index is 1.60. The maximum atomic E-state index is 13.4. The summed E-state index contributed by atoms with van der Waals surface area (Å²) in [6.45, 7) is 2.45. The number of alkyl halides is 3. The van der Waals surface area contributed by atoms with E-state index >= 15 is 0 Å². The number of amides is 4. The van der Waals surface area contributed by atoms with Crippen LogP contribution in [-0.2, 0) is 30.6 Å². The lowest BCUT2D eigenvalue weighted by atomic mass is 10.2. The predicted octanol–water partition coefficient (Wildman–Crippen LogP) is 1.62. The Bertz CT molecular complexity index is 1600. The third kappa shape index (κ3) is 6.34. The number of aromatic amines is 1. The van der Waals surface area contributed by atoms with E-state index in [2.05, 4.69) is 25.3 Å². The highest BCUT2D eigenvalue weighted by Gasteiger charge is 2.43. The Labute approximate surface area is 227 Å². The molecule has 1 aromatic carbocycles. The number of hydrogen-bond acceptors (Lipinski definition) is 10. The van der Waals surface area contributed by atoms with E-state index in [1.165, 1.54) is 0 Å². The first-order valence-electron chi connectivity index (χ1n) is 11.9. The maximum absolute atomic E-state index is 13.4. The molecule has 41 heavy (non-hydrogen) atoms. The van der Waals surface area contributed by atoms with Gasteiger partial charge in [0.05, 0.1) is 24.0 Å². The third-order valence-electron chi connectivity index (χ3n) is 5.64. The van der Waals surface area contributed by atoms with Crippen LogP contribution in [0.2, 0.25) is 0 Å². The molecule has 2 aromatic heterocycles. The average Bonchev–Trinajstić information content (AvgIpc) is 3.23. The highest BCUT2D eigenvalue weighted by atomic mass is 19.4. The van der Waals surface area contributed by atoms with Gasteiger partial charge >= 0.3 is 18.1 Å². The summed E-state index contributed by atoms with van der Waals surface area (Å²) in [7, 11) is 0. The average molecular weight is 575 g/mol. The van der Waals surface area contributed by atoms with Gasteiger partial charge in [-0.1, -0.05) is 13.8 Å². The van der Waals surface area contributed by atoms with Gasteiger partial charge in [0.1, 0.15) is 0 Å². The maximum Gasteiger partial charge on any atom is 0.471 e. The second-order valence-corrected chi connectivity index (χ2v) is 8.99. The van der Waals surface area contributed by atoms with Crippen LogP contribution in [0.15, 0.2) is 35.3 Å². The predicted molar refractivity (Wildman–Crippen MR) is 132 cm³/mol. The number of rotatable bonds is 7. The molecule has 0 aliphatic carbocycles. The van der Waals surface area contributed by atoms with E-state index < -0.39 is 53.8 Å². The van der Waals surface area contributed by atoms with Crippen molar-refractivity contribution in [3.63, 3.8) is 0 Å². The van der Waals surface area contributed by atoms with Gasteiger partial charge in [-0.3, -0.25) is 39.2 Å². The summed E-state index contributed by atoms with van der Waals surface area (Å²) in [5.74, 6) is -5.88. The van der Waals surface area contributed by atoms with E-state index in [0.717, 1.165) is 30.5 Å². The van der Waals surface area contributed by atoms with E-state index in [4.69, 9.17) is 4.84 Å². The highest BCUT2D eigenvalue weighted by Crippen LogP contribution is 2.26. The molecule has 1 saturated heterocycles. The Morgan fingerprint density at radius 2 is 1.71 bits per heavy atom. The zero-order chi connectivity index (χ0) is 30.1. The summed E-state index contributed by atoms with van der Waals surface area (Å²) in [6, 6.07) is 4.10. The van der Waals surface area contributed by atoms with E-state index in [-0.39, 0.29) is 46.9 Å². The normalized spacial score (nSPS) is 13.6. The first-order valence-corrected chi connectivity index (χ1v) is 11.9. The number of hydroxylamine groups is 2. The van der Waals surface area contributed by atoms with Crippen LogP contribution in [0.4, 0.5) is 24.8 Å². The van der Waals surface area contributed by atoms with Gasteiger partial charge in [0.15, 0.2) is 11.2 Å². The highest BCUT2D eigenvalue weighted by molar-refractivity contribution is 6.03. The largest absolute Gasteiger partial charge is 0.471 e. The standard InChI is InChI=1S/C24H20F3N7O7/c1-11(2)19(37)31-23-30-18-17(20(38)32-23)29-13(9-28-18)10-33(22(40)24(25,26)27)14-5-3-12(4-6-14)21(39)41-34-15(35)7-8-16(34)36/h3-6,9,11H,7-8,10H2,1-2H3,(H2,28,30,31,32,37,38). The number of carbonyl (C=O) groups is 5. The van der Waals surface area contributed by atoms with Crippen molar-refractivity contribution in [2.45, 2.75) is 39.4 Å². The van der Waals surface area contributed by atoms with Gasteiger partial charge in [-0.15, -0.1) is 5.06 Å². The zero-order valence-corrected chi connectivity index (χ0v) is 21.3. The molecule has 17 heteroatoms. The molecule has 14 nitrogen and oxygen atoms in total. The minimum absolute atomic E-state index is 0.130. The quantitative estimate of drug-likeness (QED) is 0.392. The fourth-order valence-electron chi connectivity index (χ4n) is 3.52. The molecule has 1 aliphatic rings. The first-order chi connectivity index (χ1) is 19.2. The second kappa shape index (κ2) is 11.1. The van der Waals surface area contributed by atoms with Gasteiger partial charge in [0.25, 0.3) is 17.4 Å². The van der Waals surface area contributed by atoms with Crippen LogP contribution in [-0.4, -0.2) is 60.8 Å². The molecule has 0 bridgehead atoms. The smallest absolute Gasteiger partial charge is 0.325 e. The number of fused-ring (bicyclic) bond motifs is 1. The van der Waals surface area contributed by atoms with Gasteiger partial charge < -0.3 is 4.84 Å². The van der Waals surface area contributed by atoms with Gasteiger partial charge in [-0.25, -0.2) is 14.8 Å². The number of nitrogens with one attached hydrogen (secondary N) is 2. The van der Waals surface area contributed by atoms with Crippen molar-refractivity contribution in [1.82, 2.24) is 25.0 Å². The van der Waals surface area contributed by atoms with Crippen molar-refractivity contribution in [2.75, 3.05) is 10.2 Å². The molecule has 214 valence electrons. The molecule has 1 fully saturated rings. The van der Waals surface area contributed by atoms with Crippen LogP contribution in [0.5, 0.6) is 0 Å². The number of nitrogens with zero attached hydrogens (tertiary/aromatic N) is 5. The zero-order valence-electron chi connectivity index (χ0n) is 21.3. The number of benzene rings is 1. The lowest BCUT2D eigenvalue weighted by Crippen LogP contribution is -2.41. The molecule has 3 aromatic rings. The fraction of sp³-hybridized carbons (Fsp3) is 0.292. The molecular formula is C24H20F3N7O7. The van der Waals surface area contributed by atoms with Crippen LogP contribution >= 0.6 is 0 Å². The lowest BCUT2D eigenvalue weighted by molar-refractivity contribution is -0.172. The Morgan fingerprint density at radius 3 is 2.29 bits per heavy atom.